The molecule has 0 bridgehead atoms. The Labute approximate surface area is 236 Å². The Bertz CT molecular complexity index is 1370. The lowest BCUT2D eigenvalue weighted by atomic mass is 9.82. The van der Waals surface area contributed by atoms with Gasteiger partial charge in [0.25, 0.3) is 5.91 Å². The zero-order chi connectivity index (χ0) is 27.8. The van der Waals surface area contributed by atoms with E-state index in [1.807, 2.05) is 70.2 Å². The SMILES string of the molecule is CCOC(=O)C1=C(C(=O)OCC)SC(=C2C(=S)C(C)(C)N(C(=O)c3ccc(C)cc3)c3ccc(C)cc32)S1. The number of ether oxygens (including phenoxy) is 2. The first kappa shape index (κ1) is 28.1. The minimum Gasteiger partial charge on any atom is -0.462 e. The highest BCUT2D eigenvalue weighted by Gasteiger charge is 2.46. The third kappa shape index (κ3) is 5.07. The Morgan fingerprint density at radius 1 is 0.868 bits per heavy atom. The molecule has 0 radical (unpaired) electrons. The lowest BCUT2D eigenvalue weighted by Crippen LogP contribution is -2.56. The number of fused-ring (bicyclic) bond motifs is 1. The van der Waals surface area contributed by atoms with Crippen LogP contribution in [0.25, 0.3) is 5.57 Å². The van der Waals surface area contributed by atoms with Crippen molar-refractivity contribution in [1.82, 2.24) is 0 Å². The summed E-state index contributed by atoms with van der Waals surface area (Å²) < 4.78 is 11.2. The maximum absolute atomic E-state index is 13.9. The average molecular weight is 568 g/mol. The van der Waals surface area contributed by atoms with Gasteiger partial charge in [0.05, 0.1) is 33.5 Å². The van der Waals surface area contributed by atoms with Crippen LogP contribution in [-0.4, -0.2) is 41.5 Å². The molecule has 0 atom stereocenters. The normalized spacial score (nSPS) is 16.5. The second-order valence-corrected chi connectivity index (χ2v) is 12.1. The Balaban J connectivity index is 1.88. The van der Waals surface area contributed by atoms with Crippen LogP contribution < -0.4 is 4.90 Å². The highest BCUT2D eigenvalue weighted by Crippen LogP contribution is 2.56. The molecule has 0 spiro atoms. The molecule has 0 aromatic heterocycles. The fourth-order valence-corrected chi connectivity index (χ4v) is 7.31. The van der Waals surface area contributed by atoms with Gasteiger partial charge in [-0.05, 0) is 65.8 Å². The van der Waals surface area contributed by atoms with E-state index in [2.05, 4.69) is 0 Å². The second-order valence-electron chi connectivity index (χ2n) is 9.38. The van der Waals surface area contributed by atoms with Crippen LogP contribution in [0, 0.1) is 13.8 Å². The van der Waals surface area contributed by atoms with E-state index in [0.717, 1.165) is 45.8 Å². The lowest BCUT2D eigenvalue weighted by molar-refractivity contribution is -0.140. The van der Waals surface area contributed by atoms with Crippen molar-refractivity contribution in [3.05, 3.63) is 78.8 Å². The van der Waals surface area contributed by atoms with Gasteiger partial charge in [-0.25, -0.2) is 9.59 Å². The predicted molar refractivity (Wildman–Crippen MR) is 158 cm³/mol. The molecule has 2 aliphatic rings. The van der Waals surface area contributed by atoms with E-state index >= 15 is 0 Å². The molecule has 0 N–H and O–H groups in total. The zero-order valence-corrected chi connectivity index (χ0v) is 24.6. The van der Waals surface area contributed by atoms with Crippen molar-refractivity contribution >= 4 is 69.7 Å². The van der Waals surface area contributed by atoms with Crippen LogP contribution >= 0.6 is 35.7 Å². The van der Waals surface area contributed by atoms with E-state index in [4.69, 9.17) is 21.7 Å². The van der Waals surface area contributed by atoms with Crippen LogP contribution in [0.1, 0.15) is 54.7 Å². The maximum Gasteiger partial charge on any atom is 0.346 e. The molecule has 2 heterocycles. The number of nitrogens with zero attached hydrogens (tertiary/aromatic N) is 1. The fourth-order valence-electron chi connectivity index (χ4n) is 4.33. The highest BCUT2D eigenvalue weighted by atomic mass is 32.2. The van der Waals surface area contributed by atoms with Gasteiger partial charge in [0.15, 0.2) is 0 Å². The summed E-state index contributed by atoms with van der Waals surface area (Å²) in [6.45, 7) is 11.6. The summed E-state index contributed by atoms with van der Waals surface area (Å²) in [5, 5.41) is 0. The van der Waals surface area contributed by atoms with Gasteiger partial charge >= 0.3 is 11.9 Å². The largest absolute Gasteiger partial charge is 0.462 e. The van der Waals surface area contributed by atoms with Gasteiger partial charge in [0.2, 0.25) is 0 Å². The van der Waals surface area contributed by atoms with E-state index in [0.29, 0.717) is 20.4 Å². The van der Waals surface area contributed by atoms with Gasteiger partial charge in [-0.15, -0.1) is 0 Å². The summed E-state index contributed by atoms with van der Waals surface area (Å²) in [6.07, 6.45) is 0. The van der Waals surface area contributed by atoms with Crippen molar-refractivity contribution in [2.45, 2.75) is 47.1 Å². The number of rotatable bonds is 5. The minimum atomic E-state index is -0.875. The van der Waals surface area contributed by atoms with Gasteiger partial charge in [-0.2, -0.15) is 0 Å². The minimum absolute atomic E-state index is 0.157. The number of hydrogen-bond donors (Lipinski definition) is 0. The molecule has 0 saturated carbocycles. The third-order valence-corrected chi connectivity index (χ3v) is 9.49. The molecule has 198 valence electrons. The number of esters is 2. The first-order chi connectivity index (χ1) is 18.0. The topological polar surface area (TPSA) is 72.9 Å². The molecular weight excluding hydrogens is 539 g/mol. The lowest BCUT2D eigenvalue weighted by Gasteiger charge is -2.45. The van der Waals surface area contributed by atoms with Gasteiger partial charge in [0.1, 0.15) is 9.81 Å². The fraction of sp³-hybridized carbons (Fsp3) is 0.310. The van der Waals surface area contributed by atoms with Crippen molar-refractivity contribution in [2.24, 2.45) is 0 Å². The summed E-state index contributed by atoms with van der Waals surface area (Å²) >= 11 is 8.40. The van der Waals surface area contributed by atoms with E-state index < -0.39 is 17.5 Å². The molecule has 2 aromatic rings. The second kappa shape index (κ2) is 11.1. The van der Waals surface area contributed by atoms with Gasteiger partial charge < -0.3 is 9.47 Å². The molecule has 1 amide bonds. The molecule has 2 aliphatic heterocycles. The zero-order valence-electron chi connectivity index (χ0n) is 22.2. The molecule has 4 rings (SSSR count). The highest BCUT2D eigenvalue weighted by molar-refractivity contribution is 8.29. The monoisotopic (exact) mass is 567 g/mol. The number of amides is 1. The smallest absolute Gasteiger partial charge is 0.346 e. The van der Waals surface area contributed by atoms with Crippen molar-refractivity contribution in [3.63, 3.8) is 0 Å². The van der Waals surface area contributed by atoms with Crippen molar-refractivity contribution in [3.8, 4) is 0 Å². The van der Waals surface area contributed by atoms with Crippen LogP contribution in [0.3, 0.4) is 0 Å². The Kier molecular flexibility index (Phi) is 8.20. The van der Waals surface area contributed by atoms with E-state index in [9.17, 15) is 14.4 Å². The molecule has 6 nitrogen and oxygen atoms in total. The van der Waals surface area contributed by atoms with Crippen molar-refractivity contribution < 1.29 is 23.9 Å². The number of carbonyl (C=O) groups excluding carboxylic acids is 3. The number of hydrogen-bond acceptors (Lipinski definition) is 8. The average Bonchev–Trinajstić information content (AvgIpc) is 3.31. The van der Waals surface area contributed by atoms with Gasteiger partial charge in [-0.3, -0.25) is 9.69 Å². The summed E-state index contributed by atoms with van der Waals surface area (Å²) in [5.41, 5.74) is 3.96. The molecule has 0 fully saturated rings. The first-order valence-corrected chi connectivity index (χ1v) is 14.3. The maximum atomic E-state index is 13.9. The van der Waals surface area contributed by atoms with Crippen LogP contribution in [0.2, 0.25) is 0 Å². The Hall–Kier alpha value is -2.88. The van der Waals surface area contributed by atoms with Crippen molar-refractivity contribution in [2.75, 3.05) is 18.1 Å². The predicted octanol–water partition coefficient (Wildman–Crippen LogP) is 6.60. The van der Waals surface area contributed by atoms with E-state index in [1.54, 1.807) is 18.7 Å². The number of thioether (sulfide) groups is 2. The molecule has 0 saturated heterocycles. The summed E-state index contributed by atoms with van der Waals surface area (Å²) in [5.74, 6) is -1.31. The van der Waals surface area contributed by atoms with Crippen LogP contribution in [-0.2, 0) is 19.1 Å². The molecule has 2 aromatic carbocycles. The van der Waals surface area contributed by atoms with Crippen molar-refractivity contribution in [1.29, 1.82) is 0 Å². The van der Waals surface area contributed by atoms with Gasteiger partial charge in [0, 0.05) is 16.7 Å². The first-order valence-electron chi connectivity index (χ1n) is 12.3. The number of benzene rings is 2. The standard InChI is InChI=1S/C29H29NO5S3/c1-7-34-26(32)22-23(27(33)35-8-2)38-28(37-22)21-19-15-17(4)11-14-20(19)30(29(5,6)24(21)36)25(31)18-12-9-16(3)10-13-18/h9-15H,7-8H2,1-6H3. The number of thiocarbonyl (C=S) groups is 1. The summed E-state index contributed by atoms with van der Waals surface area (Å²) in [4.78, 5) is 42.1. The Morgan fingerprint density at radius 2 is 1.39 bits per heavy atom. The van der Waals surface area contributed by atoms with Gasteiger partial charge in [-0.1, -0.05) is 65.1 Å². The number of aryl methyl sites for hydroxylation is 2. The quantitative estimate of drug-likeness (QED) is 0.227. The molecule has 0 aliphatic carbocycles. The summed E-state index contributed by atoms with van der Waals surface area (Å²) in [6, 6.07) is 13.3. The summed E-state index contributed by atoms with van der Waals surface area (Å²) in [7, 11) is 0. The van der Waals surface area contributed by atoms with E-state index in [-0.39, 0.29) is 28.9 Å². The van der Waals surface area contributed by atoms with Crippen LogP contribution in [0.4, 0.5) is 5.69 Å². The van der Waals surface area contributed by atoms with E-state index in [1.165, 1.54) is 0 Å². The molecule has 9 heteroatoms. The van der Waals surface area contributed by atoms with Crippen LogP contribution in [0.5, 0.6) is 0 Å². The molecule has 38 heavy (non-hydrogen) atoms. The Morgan fingerprint density at radius 3 is 1.92 bits per heavy atom. The van der Waals surface area contributed by atoms with Crippen LogP contribution in [0.15, 0.2) is 56.5 Å². The third-order valence-electron chi connectivity index (χ3n) is 6.23. The molecule has 0 unspecified atom stereocenters. The number of anilines is 1. The number of carbonyl (C=O) groups is 3. The molecular formula is C29H29NO5S3.